The van der Waals surface area contributed by atoms with Crippen molar-refractivity contribution in [2.45, 2.75) is 17.9 Å². The summed E-state index contributed by atoms with van der Waals surface area (Å²) in [5, 5.41) is 0. The van der Waals surface area contributed by atoms with Crippen molar-refractivity contribution in [1.29, 1.82) is 0 Å². The summed E-state index contributed by atoms with van der Waals surface area (Å²) in [6.07, 6.45) is -2.05. The largest absolute Gasteiger partial charge is 0.474 e. The van der Waals surface area contributed by atoms with Crippen molar-refractivity contribution >= 4 is 17.5 Å². The third-order valence-corrected chi connectivity index (χ3v) is 2.55. The summed E-state index contributed by atoms with van der Waals surface area (Å²) in [4.78, 5) is 11.9. The number of hydrogen-bond donors (Lipinski definition) is 0. The minimum Gasteiger partial charge on any atom is -0.426 e. The van der Waals surface area contributed by atoms with Gasteiger partial charge in [0.25, 0.3) is 0 Å². The third-order valence-electron chi connectivity index (χ3n) is 1.81. The van der Waals surface area contributed by atoms with Gasteiger partial charge in [-0.25, -0.2) is 0 Å². The van der Waals surface area contributed by atoms with Gasteiger partial charge in [-0.3, -0.25) is 4.79 Å². The van der Waals surface area contributed by atoms with E-state index in [0.29, 0.717) is 0 Å². The van der Waals surface area contributed by atoms with Gasteiger partial charge in [0.15, 0.2) is 0 Å². The van der Waals surface area contributed by atoms with Crippen LogP contribution in [0.25, 0.3) is 0 Å². The van der Waals surface area contributed by atoms with Crippen LogP contribution in [0.5, 0.6) is 5.75 Å². The van der Waals surface area contributed by atoms with E-state index in [9.17, 15) is 13.6 Å². The standard InChI is InChI=1S/C12H10F2O2S/c1-3-4-11(15)12(13,14)16-9-5-7-10(17-2)8-6-9/h5-8H,1-2H3. The molecule has 0 fully saturated rings. The lowest BCUT2D eigenvalue weighted by atomic mass is 10.3. The number of hydrogen-bond acceptors (Lipinski definition) is 3. The minimum absolute atomic E-state index is 0.0703. The lowest BCUT2D eigenvalue weighted by molar-refractivity contribution is -0.184. The second kappa shape index (κ2) is 5.69. The molecule has 0 heterocycles. The highest BCUT2D eigenvalue weighted by Crippen LogP contribution is 2.24. The Morgan fingerprint density at radius 2 is 1.94 bits per heavy atom. The van der Waals surface area contributed by atoms with Crippen molar-refractivity contribution in [1.82, 2.24) is 0 Å². The Bertz CT molecular complexity index is 458. The zero-order valence-electron chi connectivity index (χ0n) is 9.29. The Hall–Kier alpha value is -1.54. The van der Waals surface area contributed by atoms with E-state index in [-0.39, 0.29) is 5.75 Å². The molecule has 0 unspecified atom stereocenters. The zero-order valence-corrected chi connectivity index (χ0v) is 10.1. The second-order valence-corrected chi connectivity index (χ2v) is 3.88. The average Bonchev–Trinajstić information content (AvgIpc) is 2.30. The summed E-state index contributed by atoms with van der Waals surface area (Å²) in [7, 11) is 0. The van der Waals surface area contributed by atoms with Gasteiger partial charge < -0.3 is 4.74 Å². The molecule has 1 rings (SSSR count). The summed E-state index contributed by atoms with van der Waals surface area (Å²) in [6.45, 7) is 1.31. The molecule has 1 aromatic carbocycles. The van der Waals surface area contributed by atoms with Gasteiger partial charge in [-0.15, -0.1) is 11.8 Å². The van der Waals surface area contributed by atoms with Crippen molar-refractivity contribution in [2.75, 3.05) is 6.26 Å². The highest BCUT2D eigenvalue weighted by molar-refractivity contribution is 7.98. The lowest BCUT2D eigenvalue weighted by Gasteiger charge is -2.14. The molecule has 0 N–H and O–H groups in total. The Balaban J connectivity index is 2.81. The number of thioether (sulfide) groups is 1. The fourth-order valence-corrected chi connectivity index (χ4v) is 1.43. The van der Waals surface area contributed by atoms with Gasteiger partial charge in [-0.2, -0.15) is 8.78 Å². The number of ether oxygens (including phenoxy) is 1. The SMILES string of the molecule is CC#CC(=O)C(F)(F)Oc1ccc(SC)cc1. The van der Waals surface area contributed by atoms with Crippen molar-refractivity contribution < 1.29 is 18.3 Å². The topological polar surface area (TPSA) is 26.3 Å². The van der Waals surface area contributed by atoms with Crippen LogP contribution in [-0.2, 0) is 4.79 Å². The zero-order chi connectivity index (χ0) is 12.9. The first-order chi connectivity index (χ1) is 7.99. The van der Waals surface area contributed by atoms with Crippen LogP contribution in [0, 0.1) is 11.8 Å². The van der Waals surface area contributed by atoms with Crippen LogP contribution in [0.4, 0.5) is 8.78 Å². The van der Waals surface area contributed by atoms with Gasteiger partial charge >= 0.3 is 11.9 Å². The number of Topliss-reactive ketones (excluding diaryl/α,β-unsaturated/α-hetero) is 1. The molecule has 2 nitrogen and oxygen atoms in total. The summed E-state index contributed by atoms with van der Waals surface area (Å²) < 4.78 is 30.7. The molecule has 0 saturated heterocycles. The Morgan fingerprint density at radius 3 is 2.41 bits per heavy atom. The molecule has 0 spiro atoms. The highest BCUT2D eigenvalue weighted by atomic mass is 32.2. The van der Waals surface area contributed by atoms with Crippen LogP contribution >= 0.6 is 11.8 Å². The van der Waals surface area contributed by atoms with Crippen molar-refractivity contribution in [2.24, 2.45) is 0 Å². The van der Waals surface area contributed by atoms with Gasteiger partial charge in [-0.05, 0) is 43.4 Å². The molecular weight excluding hydrogens is 246 g/mol. The quantitative estimate of drug-likeness (QED) is 0.470. The third kappa shape index (κ3) is 3.75. The number of ketones is 1. The Kier molecular flexibility index (Phi) is 4.53. The molecular formula is C12H10F2O2S. The van der Waals surface area contributed by atoms with Crippen molar-refractivity contribution in [3.8, 4) is 17.6 Å². The van der Waals surface area contributed by atoms with Crippen LogP contribution in [0.1, 0.15) is 6.92 Å². The van der Waals surface area contributed by atoms with Gasteiger partial charge in [0, 0.05) is 4.90 Å². The van der Waals surface area contributed by atoms with Gasteiger partial charge in [0.1, 0.15) is 5.75 Å². The Labute approximate surface area is 102 Å². The first-order valence-corrected chi connectivity index (χ1v) is 5.90. The molecule has 0 bridgehead atoms. The van der Waals surface area contributed by atoms with E-state index in [1.165, 1.54) is 30.8 Å². The number of rotatable bonds is 4. The van der Waals surface area contributed by atoms with E-state index in [0.717, 1.165) is 4.90 Å². The van der Waals surface area contributed by atoms with E-state index >= 15 is 0 Å². The van der Waals surface area contributed by atoms with Gasteiger partial charge in [0.2, 0.25) is 0 Å². The van der Waals surface area contributed by atoms with E-state index in [1.54, 1.807) is 18.1 Å². The van der Waals surface area contributed by atoms with E-state index < -0.39 is 11.9 Å². The fraction of sp³-hybridized carbons (Fsp3) is 0.250. The number of carbonyl (C=O) groups excluding carboxylic acids is 1. The predicted molar refractivity (Wildman–Crippen MR) is 62.3 cm³/mol. The maximum atomic E-state index is 13.2. The number of alkyl halides is 2. The Morgan fingerprint density at radius 1 is 1.35 bits per heavy atom. The maximum absolute atomic E-state index is 13.2. The second-order valence-electron chi connectivity index (χ2n) is 3.00. The molecule has 0 aliphatic rings. The van der Waals surface area contributed by atoms with Crippen LogP contribution in [-0.4, -0.2) is 18.1 Å². The molecule has 1 aromatic rings. The van der Waals surface area contributed by atoms with E-state index in [1.807, 2.05) is 6.26 Å². The minimum atomic E-state index is -3.91. The molecule has 0 atom stereocenters. The van der Waals surface area contributed by atoms with E-state index in [2.05, 4.69) is 10.7 Å². The maximum Gasteiger partial charge on any atom is 0.474 e. The molecule has 0 aliphatic heterocycles. The van der Waals surface area contributed by atoms with Crippen LogP contribution < -0.4 is 4.74 Å². The molecule has 0 amide bonds. The van der Waals surface area contributed by atoms with E-state index in [4.69, 9.17) is 0 Å². The molecule has 0 aromatic heterocycles. The summed E-state index contributed by atoms with van der Waals surface area (Å²) in [5.74, 6) is 2.26. The average molecular weight is 256 g/mol. The highest BCUT2D eigenvalue weighted by Gasteiger charge is 2.40. The summed E-state index contributed by atoms with van der Waals surface area (Å²) >= 11 is 1.48. The summed E-state index contributed by atoms with van der Waals surface area (Å²) in [6, 6.07) is 6.02. The number of carbonyl (C=O) groups is 1. The molecule has 0 radical (unpaired) electrons. The normalized spacial score (nSPS) is 10.4. The molecule has 5 heteroatoms. The molecule has 17 heavy (non-hydrogen) atoms. The first kappa shape index (κ1) is 13.5. The lowest BCUT2D eigenvalue weighted by Crippen LogP contribution is -2.34. The van der Waals surface area contributed by atoms with Crippen molar-refractivity contribution in [3.05, 3.63) is 24.3 Å². The van der Waals surface area contributed by atoms with Crippen LogP contribution in [0.15, 0.2) is 29.2 Å². The van der Waals surface area contributed by atoms with Gasteiger partial charge in [0.05, 0.1) is 0 Å². The fourth-order valence-electron chi connectivity index (χ4n) is 1.02. The predicted octanol–water partition coefficient (Wildman–Crippen LogP) is 2.97. The smallest absolute Gasteiger partial charge is 0.426 e. The van der Waals surface area contributed by atoms with Crippen molar-refractivity contribution in [3.63, 3.8) is 0 Å². The van der Waals surface area contributed by atoms with Gasteiger partial charge in [-0.1, -0.05) is 5.92 Å². The van der Waals surface area contributed by atoms with Crippen LogP contribution in [0.2, 0.25) is 0 Å². The summed E-state index contributed by atoms with van der Waals surface area (Å²) in [5.41, 5.74) is 0. The molecule has 0 saturated carbocycles. The number of benzene rings is 1. The first-order valence-electron chi connectivity index (χ1n) is 4.67. The van der Waals surface area contributed by atoms with Crippen LogP contribution in [0.3, 0.4) is 0 Å². The molecule has 0 aliphatic carbocycles. The molecule has 90 valence electrons. The monoisotopic (exact) mass is 256 g/mol. The number of halogens is 2.